The number of halogens is 1. The molecule has 0 aliphatic rings. The Morgan fingerprint density at radius 3 is 2.84 bits per heavy atom. The van der Waals surface area contributed by atoms with Gasteiger partial charge in [-0.1, -0.05) is 17.7 Å². The van der Waals surface area contributed by atoms with E-state index in [2.05, 4.69) is 20.3 Å². The summed E-state index contributed by atoms with van der Waals surface area (Å²) < 4.78 is 0. The van der Waals surface area contributed by atoms with Crippen LogP contribution in [-0.4, -0.2) is 20.9 Å². The Morgan fingerprint density at radius 1 is 1.26 bits per heavy atom. The van der Waals surface area contributed by atoms with Gasteiger partial charge in [-0.25, -0.2) is 4.79 Å². The Hall–Kier alpha value is -2.47. The highest BCUT2D eigenvalue weighted by Gasteiger charge is 2.11. The van der Waals surface area contributed by atoms with Crippen LogP contribution in [0.5, 0.6) is 0 Å². The molecule has 0 aliphatic heterocycles. The number of fused-ring (bicyclic) bond motifs is 1. The number of H-pyrrole nitrogens is 3. The maximum Gasteiger partial charge on any atom is 0.323 e. The highest BCUT2D eigenvalue weighted by atomic mass is 35.5. The van der Waals surface area contributed by atoms with Crippen LogP contribution in [0.25, 0.3) is 11.0 Å². The van der Waals surface area contributed by atoms with Crippen LogP contribution in [0.1, 0.15) is 10.5 Å². The van der Waals surface area contributed by atoms with Crippen molar-refractivity contribution in [2.45, 2.75) is 0 Å². The summed E-state index contributed by atoms with van der Waals surface area (Å²) in [6, 6.07) is 6.71. The first-order valence-corrected chi connectivity index (χ1v) is 5.87. The third kappa shape index (κ3) is 2.13. The van der Waals surface area contributed by atoms with Crippen LogP contribution in [0.3, 0.4) is 0 Å². The molecule has 7 heteroatoms. The molecule has 19 heavy (non-hydrogen) atoms. The zero-order chi connectivity index (χ0) is 13.4. The van der Waals surface area contributed by atoms with Gasteiger partial charge in [-0.3, -0.25) is 4.79 Å². The average Bonchev–Trinajstić information content (AvgIpc) is 2.95. The molecule has 0 saturated carbocycles. The highest BCUT2D eigenvalue weighted by molar-refractivity contribution is 6.31. The first-order chi connectivity index (χ1) is 9.13. The second kappa shape index (κ2) is 4.33. The van der Waals surface area contributed by atoms with Gasteiger partial charge < -0.3 is 20.3 Å². The molecule has 0 saturated heterocycles. The molecule has 0 radical (unpaired) electrons. The molecule has 3 rings (SSSR count). The van der Waals surface area contributed by atoms with E-state index in [4.69, 9.17) is 11.6 Å². The smallest absolute Gasteiger partial charge is 0.323 e. The lowest BCUT2D eigenvalue weighted by Gasteiger charge is -2.04. The summed E-state index contributed by atoms with van der Waals surface area (Å²) in [4.78, 5) is 31.2. The predicted octanol–water partition coefficient (Wildman–Crippen LogP) is 2.09. The molecule has 0 unspecified atom stereocenters. The van der Waals surface area contributed by atoms with Gasteiger partial charge in [0.1, 0.15) is 5.69 Å². The van der Waals surface area contributed by atoms with Crippen molar-refractivity contribution in [2.75, 3.05) is 5.32 Å². The van der Waals surface area contributed by atoms with Crippen LogP contribution in [-0.2, 0) is 0 Å². The number of benzene rings is 1. The van der Waals surface area contributed by atoms with Crippen LogP contribution < -0.4 is 11.0 Å². The first kappa shape index (κ1) is 11.6. The van der Waals surface area contributed by atoms with Gasteiger partial charge in [-0.2, -0.15) is 0 Å². The number of rotatable bonds is 2. The van der Waals surface area contributed by atoms with Crippen molar-refractivity contribution in [1.82, 2.24) is 15.0 Å². The SMILES string of the molecule is O=C(Nc1cccc2[nH]c(=O)[nH]c12)c1cc(Cl)c[nH]1. The highest BCUT2D eigenvalue weighted by Crippen LogP contribution is 2.19. The largest absolute Gasteiger partial charge is 0.356 e. The first-order valence-electron chi connectivity index (χ1n) is 5.50. The summed E-state index contributed by atoms with van der Waals surface area (Å²) in [5.74, 6) is -0.332. The molecule has 3 aromatic rings. The quantitative estimate of drug-likeness (QED) is 0.577. The number of anilines is 1. The van der Waals surface area contributed by atoms with Crippen molar-refractivity contribution in [2.24, 2.45) is 0 Å². The summed E-state index contributed by atoms with van der Waals surface area (Å²) in [7, 11) is 0. The molecule has 1 aromatic carbocycles. The molecule has 2 aromatic heterocycles. The van der Waals surface area contributed by atoms with Gasteiger partial charge in [-0.05, 0) is 18.2 Å². The minimum Gasteiger partial charge on any atom is -0.356 e. The number of para-hydroxylation sites is 1. The monoisotopic (exact) mass is 276 g/mol. The third-order valence-corrected chi connectivity index (χ3v) is 2.91. The summed E-state index contributed by atoms with van der Waals surface area (Å²) in [6.45, 7) is 0. The molecule has 0 atom stereocenters. The van der Waals surface area contributed by atoms with Crippen molar-refractivity contribution in [3.63, 3.8) is 0 Å². The van der Waals surface area contributed by atoms with Crippen LogP contribution in [0.4, 0.5) is 5.69 Å². The number of aromatic nitrogens is 3. The number of nitrogens with one attached hydrogen (secondary N) is 4. The maximum absolute atomic E-state index is 12.0. The average molecular weight is 277 g/mol. The van der Waals surface area contributed by atoms with Crippen molar-refractivity contribution in [3.8, 4) is 0 Å². The number of aromatic amines is 3. The lowest BCUT2D eigenvalue weighted by Crippen LogP contribution is -2.12. The van der Waals surface area contributed by atoms with Crippen LogP contribution in [0.15, 0.2) is 35.3 Å². The van der Waals surface area contributed by atoms with E-state index in [9.17, 15) is 9.59 Å². The van der Waals surface area contributed by atoms with Crippen molar-refractivity contribution in [1.29, 1.82) is 0 Å². The Labute approximate surface area is 111 Å². The normalized spacial score (nSPS) is 10.8. The van der Waals surface area contributed by atoms with Crippen LogP contribution >= 0.6 is 11.6 Å². The van der Waals surface area contributed by atoms with Gasteiger partial charge >= 0.3 is 5.69 Å². The second-order valence-corrected chi connectivity index (χ2v) is 4.43. The summed E-state index contributed by atoms with van der Waals surface area (Å²) in [6.07, 6.45) is 1.52. The van der Waals surface area contributed by atoms with E-state index in [1.807, 2.05) is 0 Å². The zero-order valence-electron chi connectivity index (χ0n) is 9.58. The third-order valence-electron chi connectivity index (χ3n) is 2.69. The van der Waals surface area contributed by atoms with E-state index in [0.717, 1.165) is 0 Å². The molecular weight excluding hydrogens is 268 g/mol. The van der Waals surface area contributed by atoms with E-state index in [-0.39, 0.29) is 11.6 Å². The molecule has 0 aliphatic carbocycles. The number of imidazole rings is 1. The van der Waals surface area contributed by atoms with Crippen molar-refractivity contribution < 1.29 is 4.79 Å². The zero-order valence-corrected chi connectivity index (χ0v) is 10.3. The Bertz CT molecular complexity index is 814. The fraction of sp³-hybridized carbons (Fsp3) is 0. The van der Waals surface area contributed by atoms with Gasteiger partial charge in [0.25, 0.3) is 5.91 Å². The molecular formula is C12H9ClN4O2. The summed E-state index contributed by atoms with van der Waals surface area (Å²) >= 11 is 5.74. The van der Waals surface area contributed by atoms with Gasteiger partial charge in [-0.15, -0.1) is 0 Å². The molecule has 1 amide bonds. The summed E-state index contributed by atoms with van der Waals surface area (Å²) in [5.41, 5.74) is 1.73. The van der Waals surface area contributed by atoms with Crippen LogP contribution in [0.2, 0.25) is 5.02 Å². The Balaban J connectivity index is 1.97. The number of carbonyl (C=O) groups is 1. The molecule has 96 valence electrons. The Morgan fingerprint density at radius 2 is 2.11 bits per heavy atom. The van der Waals surface area contributed by atoms with E-state index >= 15 is 0 Å². The second-order valence-electron chi connectivity index (χ2n) is 3.99. The molecule has 6 nitrogen and oxygen atoms in total. The maximum atomic E-state index is 12.0. The number of hydrogen-bond acceptors (Lipinski definition) is 2. The standard InChI is InChI=1S/C12H9ClN4O2/c13-6-4-9(14-5-6)11(18)15-7-2-1-3-8-10(7)17-12(19)16-8/h1-5,14H,(H,15,18)(H2,16,17,19). The molecule has 0 bridgehead atoms. The van der Waals surface area contributed by atoms with Gasteiger partial charge in [0.15, 0.2) is 0 Å². The van der Waals surface area contributed by atoms with E-state index in [1.165, 1.54) is 12.3 Å². The topological polar surface area (TPSA) is 93.5 Å². The fourth-order valence-electron chi connectivity index (χ4n) is 1.85. The van der Waals surface area contributed by atoms with E-state index in [0.29, 0.717) is 27.4 Å². The van der Waals surface area contributed by atoms with E-state index < -0.39 is 0 Å². The lowest BCUT2D eigenvalue weighted by molar-refractivity contribution is 0.102. The predicted molar refractivity (Wildman–Crippen MR) is 72.7 cm³/mol. The minimum atomic E-state index is -0.332. The Kier molecular flexibility index (Phi) is 2.64. The minimum absolute atomic E-state index is 0.320. The van der Waals surface area contributed by atoms with Crippen LogP contribution in [0, 0.1) is 0 Å². The fourth-order valence-corrected chi connectivity index (χ4v) is 2.01. The van der Waals surface area contributed by atoms with Gasteiger partial charge in [0, 0.05) is 6.20 Å². The number of hydrogen-bond donors (Lipinski definition) is 4. The number of carbonyl (C=O) groups excluding carboxylic acids is 1. The lowest BCUT2D eigenvalue weighted by atomic mass is 10.2. The van der Waals surface area contributed by atoms with Crippen molar-refractivity contribution >= 4 is 34.2 Å². The molecule has 0 fully saturated rings. The summed E-state index contributed by atoms with van der Waals surface area (Å²) in [5, 5.41) is 3.17. The van der Waals surface area contributed by atoms with Gasteiger partial charge in [0.05, 0.1) is 21.7 Å². The molecule has 2 heterocycles. The number of amides is 1. The van der Waals surface area contributed by atoms with E-state index in [1.54, 1.807) is 18.2 Å². The van der Waals surface area contributed by atoms with Gasteiger partial charge in [0.2, 0.25) is 0 Å². The van der Waals surface area contributed by atoms with Crippen molar-refractivity contribution in [3.05, 3.63) is 51.7 Å². The molecule has 0 spiro atoms. The molecule has 4 N–H and O–H groups in total.